The molecule has 4 rings (SSSR count). The van der Waals surface area contributed by atoms with E-state index in [1.54, 1.807) is 60.7 Å². The van der Waals surface area contributed by atoms with Gasteiger partial charge in [0.05, 0.1) is 23.9 Å². The topological polar surface area (TPSA) is 99.9 Å². The highest BCUT2D eigenvalue weighted by Gasteiger charge is 2.37. The number of carbonyl (C=O) groups excluding carboxylic acids is 4. The van der Waals surface area contributed by atoms with Gasteiger partial charge in [0.1, 0.15) is 18.8 Å². The summed E-state index contributed by atoms with van der Waals surface area (Å²) in [5.74, 6) is -1.54. The maximum atomic E-state index is 13.0. The summed E-state index contributed by atoms with van der Waals surface area (Å²) in [6.07, 6.45) is 1.46. The molecular formula is C23H19N3O5. The highest BCUT2D eigenvalue weighted by Crippen LogP contribution is 2.22. The maximum absolute atomic E-state index is 13.0. The summed E-state index contributed by atoms with van der Waals surface area (Å²) in [4.78, 5) is 52.8. The predicted octanol–water partition coefficient (Wildman–Crippen LogP) is 2.54. The molecule has 2 aromatic carbocycles. The Morgan fingerprint density at radius 1 is 0.871 bits per heavy atom. The normalized spacial score (nSPS) is 12.6. The zero-order valence-corrected chi connectivity index (χ0v) is 16.5. The van der Waals surface area contributed by atoms with Crippen molar-refractivity contribution in [2.75, 3.05) is 18.4 Å². The van der Waals surface area contributed by atoms with Gasteiger partial charge in [0.25, 0.3) is 11.8 Å². The predicted molar refractivity (Wildman–Crippen MR) is 111 cm³/mol. The molecule has 8 heteroatoms. The summed E-state index contributed by atoms with van der Waals surface area (Å²) >= 11 is 0. The number of amides is 4. The average Bonchev–Trinajstić information content (AvgIpc) is 3.37. The summed E-state index contributed by atoms with van der Waals surface area (Å²) < 4.78 is 5.30. The molecule has 0 aliphatic carbocycles. The van der Waals surface area contributed by atoms with Gasteiger partial charge >= 0.3 is 0 Å². The number of anilines is 1. The molecule has 0 radical (unpaired) electrons. The average molecular weight is 417 g/mol. The number of carbonyl (C=O) groups is 4. The number of hydrogen-bond donors (Lipinski definition) is 1. The fourth-order valence-corrected chi connectivity index (χ4v) is 3.34. The van der Waals surface area contributed by atoms with Gasteiger partial charge in [-0.25, -0.2) is 0 Å². The van der Waals surface area contributed by atoms with Crippen molar-refractivity contribution in [3.05, 3.63) is 89.9 Å². The Labute approximate surface area is 178 Å². The molecule has 2 heterocycles. The van der Waals surface area contributed by atoms with E-state index in [9.17, 15) is 19.2 Å². The van der Waals surface area contributed by atoms with Gasteiger partial charge in [-0.2, -0.15) is 0 Å². The van der Waals surface area contributed by atoms with Gasteiger partial charge in [0, 0.05) is 5.69 Å². The highest BCUT2D eigenvalue weighted by atomic mass is 16.3. The minimum atomic E-state index is -0.547. The van der Waals surface area contributed by atoms with Crippen LogP contribution in [0.25, 0.3) is 0 Å². The Morgan fingerprint density at radius 3 is 2.13 bits per heavy atom. The highest BCUT2D eigenvalue weighted by molar-refractivity contribution is 6.22. The molecule has 1 N–H and O–H groups in total. The van der Waals surface area contributed by atoms with Crippen LogP contribution in [-0.2, 0) is 16.1 Å². The van der Waals surface area contributed by atoms with Crippen LogP contribution in [0.15, 0.2) is 77.4 Å². The Kier molecular flexibility index (Phi) is 5.61. The summed E-state index contributed by atoms with van der Waals surface area (Å²) in [7, 11) is 0. The van der Waals surface area contributed by atoms with Crippen LogP contribution in [0.5, 0.6) is 0 Å². The first-order chi connectivity index (χ1) is 15.0. The SMILES string of the molecule is O=C(CN(Cc1ccco1)C(=O)CN1C(=O)c2ccccc2C1=O)Nc1ccccc1. The van der Waals surface area contributed by atoms with Crippen LogP contribution in [0.2, 0.25) is 0 Å². The van der Waals surface area contributed by atoms with E-state index in [4.69, 9.17) is 4.42 Å². The molecule has 1 aliphatic heterocycles. The van der Waals surface area contributed by atoms with Crippen molar-refractivity contribution in [1.29, 1.82) is 0 Å². The first-order valence-corrected chi connectivity index (χ1v) is 9.63. The van der Waals surface area contributed by atoms with Crippen LogP contribution in [0.4, 0.5) is 5.69 Å². The second-order valence-electron chi connectivity index (χ2n) is 6.99. The van der Waals surface area contributed by atoms with Crippen molar-refractivity contribution in [2.24, 2.45) is 0 Å². The maximum Gasteiger partial charge on any atom is 0.262 e. The number of hydrogen-bond acceptors (Lipinski definition) is 5. The minimum Gasteiger partial charge on any atom is -0.467 e. The van der Waals surface area contributed by atoms with Crippen LogP contribution in [-0.4, -0.2) is 46.5 Å². The largest absolute Gasteiger partial charge is 0.467 e. The minimum absolute atomic E-state index is 0.0250. The Balaban J connectivity index is 1.48. The lowest BCUT2D eigenvalue weighted by Gasteiger charge is -2.23. The lowest BCUT2D eigenvalue weighted by atomic mass is 10.1. The molecule has 0 spiro atoms. The molecule has 3 aromatic rings. The molecule has 156 valence electrons. The third-order valence-electron chi connectivity index (χ3n) is 4.84. The molecule has 0 saturated heterocycles. The summed E-state index contributed by atoms with van der Waals surface area (Å²) in [5, 5.41) is 2.72. The van der Waals surface area contributed by atoms with E-state index in [1.165, 1.54) is 11.2 Å². The van der Waals surface area contributed by atoms with Crippen LogP contribution in [0, 0.1) is 0 Å². The molecule has 0 bridgehead atoms. The summed E-state index contributed by atoms with van der Waals surface area (Å²) in [6, 6.07) is 18.6. The van der Waals surface area contributed by atoms with Crippen molar-refractivity contribution < 1.29 is 23.6 Å². The van der Waals surface area contributed by atoms with E-state index in [-0.39, 0.29) is 24.2 Å². The van der Waals surface area contributed by atoms with E-state index in [0.29, 0.717) is 11.4 Å². The fraction of sp³-hybridized carbons (Fsp3) is 0.130. The molecule has 1 aromatic heterocycles. The molecule has 0 fully saturated rings. The fourth-order valence-electron chi connectivity index (χ4n) is 3.34. The van der Waals surface area contributed by atoms with Gasteiger partial charge in [-0.15, -0.1) is 0 Å². The monoisotopic (exact) mass is 417 g/mol. The van der Waals surface area contributed by atoms with Crippen molar-refractivity contribution >= 4 is 29.3 Å². The smallest absolute Gasteiger partial charge is 0.262 e. The van der Waals surface area contributed by atoms with Gasteiger partial charge in [-0.3, -0.25) is 24.1 Å². The third kappa shape index (κ3) is 4.37. The van der Waals surface area contributed by atoms with E-state index < -0.39 is 30.2 Å². The molecule has 1 aliphatic rings. The Hall–Kier alpha value is -4.20. The summed E-state index contributed by atoms with van der Waals surface area (Å²) in [6.45, 7) is -0.708. The number of fused-ring (bicyclic) bond motifs is 1. The number of benzene rings is 2. The van der Waals surface area contributed by atoms with Gasteiger partial charge in [0.15, 0.2) is 0 Å². The molecule has 0 atom stereocenters. The van der Waals surface area contributed by atoms with Crippen LogP contribution in [0.3, 0.4) is 0 Å². The number of furan rings is 1. The third-order valence-corrected chi connectivity index (χ3v) is 4.84. The van der Waals surface area contributed by atoms with Crippen LogP contribution < -0.4 is 5.32 Å². The number of rotatable bonds is 7. The summed E-state index contributed by atoms with van der Waals surface area (Å²) in [5.41, 5.74) is 1.12. The van der Waals surface area contributed by atoms with E-state index in [0.717, 1.165) is 4.90 Å². The van der Waals surface area contributed by atoms with Crippen molar-refractivity contribution in [3.63, 3.8) is 0 Å². The van der Waals surface area contributed by atoms with Gasteiger partial charge in [-0.1, -0.05) is 30.3 Å². The Bertz CT molecular complexity index is 1090. The zero-order valence-electron chi connectivity index (χ0n) is 16.5. The number of para-hydroxylation sites is 1. The standard InChI is InChI=1S/C23H19N3O5/c27-20(24-16-7-2-1-3-8-16)14-25(13-17-9-6-12-31-17)21(28)15-26-22(29)18-10-4-5-11-19(18)23(26)30/h1-12H,13-15H2,(H,24,27). The van der Waals surface area contributed by atoms with Crippen molar-refractivity contribution in [2.45, 2.75) is 6.54 Å². The molecule has 31 heavy (non-hydrogen) atoms. The van der Waals surface area contributed by atoms with Crippen molar-refractivity contribution in [1.82, 2.24) is 9.80 Å². The molecule has 0 saturated carbocycles. The lowest BCUT2D eigenvalue weighted by Crippen LogP contribution is -2.45. The lowest BCUT2D eigenvalue weighted by molar-refractivity contribution is -0.135. The second kappa shape index (κ2) is 8.66. The van der Waals surface area contributed by atoms with Gasteiger partial charge < -0.3 is 14.6 Å². The van der Waals surface area contributed by atoms with Gasteiger partial charge in [-0.05, 0) is 36.4 Å². The van der Waals surface area contributed by atoms with E-state index >= 15 is 0 Å². The van der Waals surface area contributed by atoms with Crippen LogP contribution >= 0.6 is 0 Å². The van der Waals surface area contributed by atoms with E-state index in [2.05, 4.69) is 5.32 Å². The molecule has 0 unspecified atom stereocenters. The molecule has 4 amide bonds. The van der Waals surface area contributed by atoms with Crippen molar-refractivity contribution in [3.8, 4) is 0 Å². The van der Waals surface area contributed by atoms with Gasteiger partial charge in [0.2, 0.25) is 11.8 Å². The number of nitrogens with one attached hydrogen (secondary N) is 1. The Morgan fingerprint density at radius 2 is 1.52 bits per heavy atom. The number of nitrogens with zero attached hydrogens (tertiary/aromatic N) is 2. The number of imide groups is 1. The second-order valence-corrected chi connectivity index (χ2v) is 6.99. The zero-order chi connectivity index (χ0) is 21.8. The van der Waals surface area contributed by atoms with Crippen LogP contribution in [0.1, 0.15) is 26.5 Å². The quantitative estimate of drug-likeness (QED) is 0.596. The molecule has 8 nitrogen and oxygen atoms in total. The van der Waals surface area contributed by atoms with E-state index in [1.807, 2.05) is 6.07 Å². The first-order valence-electron chi connectivity index (χ1n) is 9.63. The molecular weight excluding hydrogens is 398 g/mol. The first kappa shape index (κ1) is 20.1.